The highest BCUT2D eigenvalue weighted by Gasteiger charge is 2.52. The van der Waals surface area contributed by atoms with Gasteiger partial charge in [0.05, 0.1) is 22.8 Å². The Morgan fingerprint density at radius 2 is 1.83 bits per heavy atom. The molecule has 0 radical (unpaired) electrons. The molecule has 0 amide bonds. The third-order valence-electron chi connectivity index (χ3n) is 4.42. The van der Waals surface area contributed by atoms with Crippen molar-refractivity contribution in [2.24, 2.45) is 0 Å². The molecule has 1 aliphatic heterocycles. The Kier molecular flexibility index (Phi) is 5.59. The van der Waals surface area contributed by atoms with Crippen molar-refractivity contribution < 1.29 is 14.1 Å². The average Bonchev–Trinajstić information content (AvgIpc) is 2.71. The zero-order valence-corrected chi connectivity index (χ0v) is 15.6. The molecule has 0 atom stereocenters. The van der Waals surface area contributed by atoms with Crippen LogP contribution < -0.4 is 0 Å². The SMILES string of the molecule is CC(=O)SCC(=Cc1ccccc1C#N)B1OC(C)(C)C(C)(C)O1. The number of thioether (sulfide) groups is 1. The zero-order valence-electron chi connectivity index (χ0n) is 14.8. The molecule has 1 heterocycles. The van der Waals surface area contributed by atoms with Gasteiger partial charge in [0.1, 0.15) is 0 Å². The second-order valence-electron chi connectivity index (χ2n) is 6.79. The zero-order chi connectivity index (χ0) is 18.0. The van der Waals surface area contributed by atoms with Gasteiger partial charge in [0.25, 0.3) is 0 Å². The summed E-state index contributed by atoms with van der Waals surface area (Å²) < 4.78 is 12.2. The summed E-state index contributed by atoms with van der Waals surface area (Å²) in [6.07, 6.45) is 1.90. The molecule has 1 aliphatic rings. The molecule has 0 unspecified atom stereocenters. The predicted molar refractivity (Wildman–Crippen MR) is 98.4 cm³/mol. The van der Waals surface area contributed by atoms with Crippen LogP contribution in [0.3, 0.4) is 0 Å². The number of carbonyl (C=O) groups is 1. The van der Waals surface area contributed by atoms with Crippen molar-refractivity contribution in [1.29, 1.82) is 5.26 Å². The van der Waals surface area contributed by atoms with Crippen molar-refractivity contribution in [2.75, 3.05) is 5.75 Å². The lowest BCUT2D eigenvalue weighted by molar-refractivity contribution is -0.109. The summed E-state index contributed by atoms with van der Waals surface area (Å²) in [5.74, 6) is 0.464. The molecule has 1 aromatic rings. The second kappa shape index (κ2) is 7.14. The fraction of sp³-hybridized carbons (Fsp3) is 0.444. The van der Waals surface area contributed by atoms with Gasteiger partial charge in [-0.2, -0.15) is 5.26 Å². The molecule has 0 spiro atoms. The minimum Gasteiger partial charge on any atom is -0.400 e. The fourth-order valence-corrected chi connectivity index (χ4v) is 2.87. The maximum absolute atomic E-state index is 11.4. The summed E-state index contributed by atoms with van der Waals surface area (Å²) in [5, 5.41) is 9.31. The van der Waals surface area contributed by atoms with Gasteiger partial charge in [0.2, 0.25) is 0 Å². The number of carbonyl (C=O) groups excluding carboxylic acids is 1. The van der Waals surface area contributed by atoms with Crippen LogP contribution in [-0.2, 0) is 14.1 Å². The van der Waals surface area contributed by atoms with Crippen LogP contribution in [0.5, 0.6) is 0 Å². The van der Waals surface area contributed by atoms with Gasteiger partial charge in [-0.15, -0.1) is 0 Å². The third kappa shape index (κ3) is 4.10. The molecule has 0 bridgehead atoms. The van der Waals surface area contributed by atoms with Gasteiger partial charge in [-0.1, -0.05) is 36.0 Å². The molecule has 1 saturated heterocycles. The molecule has 4 nitrogen and oxygen atoms in total. The van der Waals surface area contributed by atoms with E-state index in [9.17, 15) is 10.1 Å². The molecule has 1 fully saturated rings. The molecule has 0 aromatic heterocycles. The van der Waals surface area contributed by atoms with Gasteiger partial charge in [0.15, 0.2) is 5.12 Å². The number of rotatable bonds is 4. The van der Waals surface area contributed by atoms with E-state index in [-0.39, 0.29) is 5.12 Å². The summed E-state index contributed by atoms with van der Waals surface area (Å²) in [5.41, 5.74) is 1.32. The van der Waals surface area contributed by atoms with Crippen LogP contribution in [-0.4, -0.2) is 29.2 Å². The van der Waals surface area contributed by atoms with Gasteiger partial charge in [-0.3, -0.25) is 4.79 Å². The smallest absolute Gasteiger partial charge is 0.400 e. The summed E-state index contributed by atoms with van der Waals surface area (Å²) in [4.78, 5) is 11.4. The third-order valence-corrected chi connectivity index (χ3v) is 5.30. The summed E-state index contributed by atoms with van der Waals surface area (Å²) >= 11 is 1.21. The van der Waals surface area contributed by atoms with Crippen molar-refractivity contribution in [1.82, 2.24) is 0 Å². The molecule has 2 rings (SSSR count). The number of nitriles is 1. The Balaban J connectivity index is 2.38. The Morgan fingerprint density at radius 1 is 1.25 bits per heavy atom. The minimum atomic E-state index is -0.534. The van der Waals surface area contributed by atoms with E-state index in [0.29, 0.717) is 11.3 Å². The largest absolute Gasteiger partial charge is 0.491 e. The quantitative estimate of drug-likeness (QED) is 0.777. The number of nitrogens with zero attached hydrogens (tertiary/aromatic N) is 1. The summed E-state index contributed by atoms with van der Waals surface area (Å²) in [7, 11) is -0.534. The number of hydrogen-bond acceptors (Lipinski definition) is 5. The fourth-order valence-electron chi connectivity index (χ4n) is 2.28. The minimum absolute atomic E-state index is 0.0333. The van der Waals surface area contributed by atoms with Crippen molar-refractivity contribution in [3.63, 3.8) is 0 Å². The van der Waals surface area contributed by atoms with E-state index in [4.69, 9.17) is 9.31 Å². The highest BCUT2D eigenvalue weighted by molar-refractivity contribution is 8.13. The Labute approximate surface area is 148 Å². The van der Waals surface area contributed by atoms with Crippen molar-refractivity contribution in [3.05, 3.63) is 40.9 Å². The molecular formula is C18H22BNO3S. The summed E-state index contributed by atoms with van der Waals surface area (Å²) in [6.45, 7) is 9.51. The molecule has 0 aliphatic carbocycles. The van der Waals surface area contributed by atoms with Crippen LogP contribution in [0.4, 0.5) is 0 Å². The summed E-state index contributed by atoms with van der Waals surface area (Å²) in [6, 6.07) is 9.55. The molecule has 0 saturated carbocycles. The van der Waals surface area contributed by atoms with Crippen molar-refractivity contribution >= 4 is 30.1 Å². The van der Waals surface area contributed by atoms with Crippen LogP contribution in [0, 0.1) is 11.3 Å². The Hall–Kier alpha value is -1.55. The molecule has 1 aromatic carbocycles. The highest BCUT2D eigenvalue weighted by Crippen LogP contribution is 2.39. The van der Waals surface area contributed by atoms with Crippen LogP contribution in [0.25, 0.3) is 6.08 Å². The van der Waals surface area contributed by atoms with Crippen LogP contribution in [0.15, 0.2) is 29.7 Å². The number of benzene rings is 1. The van der Waals surface area contributed by atoms with E-state index in [2.05, 4.69) is 6.07 Å². The van der Waals surface area contributed by atoms with Gasteiger partial charge in [-0.25, -0.2) is 0 Å². The number of hydrogen-bond donors (Lipinski definition) is 0. The van der Waals surface area contributed by atoms with Crippen molar-refractivity contribution in [2.45, 2.75) is 45.8 Å². The predicted octanol–water partition coefficient (Wildman–Crippen LogP) is 3.85. The first-order chi connectivity index (χ1) is 11.2. The van der Waals surface area contributed by atoms with Crippen LogP contribution >= 0.6 is 11.8 Å². The van der Waals surface area contributed by atoms with E-state index in [1.54, 1.807) is 6.07 Å². The van der Waals surface area contributed by atoms with E-state index in [1.807, 2.05) is 52.0 Å². The van der Waals surface area contributed by atoms with Gasteiger partial charge >= 0.3 is 7.12 Å². The molecule has 126 valence electrons. The lowest BCUT2D eigenvalue weighted by Gasteiger charge is -2.32. The first-order valence-corrected chi connectivity index (χ1v) is 8.83. The molecule has 6 heteroatoms. The Bertz CT molecular complexity index is 690. The van der Waals surface area contributed by atoms with E-state index >= 15 is 0 Å². The standard InChI is InChI=1S/C18H22BNO3S/c1-13(21)24-12-16(10-14-8-6-7-9-15(14)11-20)19-22-17(2,3)18(4,5)23-19/h6-10H,12H2,1-5H3. The lowest BCUT2D eigenvalue weighted by atomic mass is 9.78. The molecule has 24 heavy (non-hydrogen) atoms. The van der Waals surface area contributed by atoms with Crippen molar-refractivity contribution in [3.8, 4) is 6.07 Å². The van der Waals surface area contributed by atoms with Gasteiger partial charge in [0, 0.05) is 12.7 Å². The maximum Gasteiger partial charge on any atom is 0.491 e. The topological polar surface area (TPSA) is 59.3 Å². The van der Waals surface area contributed by atoms with Crippen LogP contribution in [0.2, 0.25) is 0 Å². The first-order valence-electron chi connectivity index (χ1n) is 7.85. The lowest BCUT2D eigenvalue weighted by Crippen LogP contribution is -2.41. The second-order valence-corrected chi connectivity index (χ2v) is 7.94. The highest BCUT2D eigenvalue weighted by atomic mass is 32.2. The van der Waals surface area contributed by atoms with E-state index in [0.717, 1.165) is 11.0 Å². The normalized spacial score (nSPS) is 19.2. The van der Waals surface area contributed by atoms with Gasteiger partial charge in [-0.05, 0) is 44.8 Å². The van der Waals surface area contributed by atoms with Gasteiger partial charge < -0.3 is 9.31 Å². The first kappa shape index (κ1) is 18.8. The Morgan fingerprint density at radius 3 is 2.38 bits per heavy atom. The van der Waals surface area contributed by atoms with E-state index < -0.39 is 18.3 Å². The average molecular weight is 343 g/mol. The van der Waals surface area contributed by atoms with E-state index in [1.165, 1.54) is 18.7 Å². The molecular weight excluding hydrogens is 321 g/mol. The molecule has 0 N–H and O–H groups in total. The van der Waals surface area contributed by atoms with Crippen LogP contribution in [0.1, 0.15) is 45.7 Å². The monoisotopic (exact) mass is 343 g/mol. The maximum atomic E-state index is 11.4.